The van der Waals surface area contributed by atoms with Gasteiger partial charge in [-0.3, -0.25) is 14.5 Å². The SMILES string of the molecule is Cc1nn(CC(=O)Nc2ccc(C3=CNCC=N3)cn2)c(C)c1C1CC(C)OC(C)C1. The Bertz CT molecular complexity index is 998. The molecule has 0 bridgehead atoms. The first-order valence-corrected chi connectivity index (χ1v) is 10.8. The number of nitrogens with zero attached hydrogens (tertiary/aromatic N) is 4. The number of carbonyl (C=O) groups is 1. The third-order valence-corrected chi connectivity index (χ3v) is 5.84. The van der Waals surface area contributed by atoms with Crippen LogP contribution in [-0.4, -0.2) is 45.6 Å². The molecule has 164 valence electrons. The first-order chi connectivity index (χ1) is 14.9. The monoisotopic (exact) mass is 422 g/mol. The van der Waals surface area contributed by atoms with Crippen LogP contribution in [0, 0.1) is 13.8 Å². The molecule has 2 unspecified atom stereocenters. The van der Waals surface area contributed by atoms with Crippen molar-refractivity contribution in [2.24, 2.45) is 4.99 Å². The maximum atomic E-state index is 12.6. The van der Waals surface area contributed by atoms with Gasteiger partial charge in [0.2, 0.25) is 5.91 Å². The van der Waals surface area contributed by atoms with Gasteiger partial charge in [0.05, 0.1) is 23.6 Å². The highest BCUT2D eigenvalue weighted by Gasteiger charge is 2.30. The quantitative estimate of drug-likeness (QED) is 0.772. The number of rotatable bonds is 5. The van der Waals surface area contributed by atoms with Gasteiger partial charge in [-0.05, 0) is 64.2 Å². The van der Waals surface area contributed by atoms with E-state index in [-0.39, 0.29) is 24.7 Å². The molecule has 2 aliphatic rings. The average Bonchev–Trinajstić information content (AvgIpc) is 3.01. The van der Waals surface area contributed by atoms with Crippen LogP contribution in [0.3, 0.4) is 0 Å². The van der Waals surface area contributed by atoms with Gasteiger partial charge in [-0.15, -0.1) is 0 Å². The van der Waals surface area contributed by atoms with E-state index in [9.17, 15) is 4.79 Å². The zero-order chi connectivity index (χ0) is 22.0. The third-order valence-electron chi connectivity index (χ3n) is 5.84. The van der Waals surface area contributed by atoms with Crippen LogP contribution in [0.1, 0.15) is 55.1 Å². The molecular weight excluding hydrogens is 392 g/mol. The van der Waals surface area contributed by atoms with E-state index in [1.807, 2.05) is 32.3 Å². The van der Waals surface area contributed by atoms with Gasteiger partial charge < -0.3 is 15.4 Å². The van der Waals surface area contributed by atoms with Gasteiger partial charge in [0.15, 0.2) is 0 Å². The number of aliphatic imine (C=N–C) groups is 1. The number of pyridine rings is 1. The van der Waals surface area contributed by atoms with Crippen LogP contribution in [0.5, 0.6) is 0 Å². The number of aryl methyl sites for hydroxylation is 1. The molecule has 4 rings (SSSR count). The van der Waals surface area contributed by atoms with Crippen LogP contribution in [0.2, 0.25) is 0 Å². The molecule has 2 aromatic rings. The molecule has 0 saturated carbocycles. The third kappa shape index (κ3) is 4.85. The van der Waals surface area contributed by atoms with Crippen LogP contribution in [0.15, 0.2) is 29.5 Å². The van der Waals surface area contributed by atoms with Crippen LogP contribution >= 0.6 is 0 Å². The minimum Gasteiger partial charge on any atom is -0.384 e. The fourth-order valence-electron chi connectivity index (χ4n) is 4.58. The number of aromatic nitrogens is 3. The van der Waals surface area contributed by atoms with Crippen molar-refractivity contribution in [3.63, 3.8) is 0 Å². The summed E-state index contributed by atoms with van der Waals surface area (Å²) in [6.45, 7) is 9.20. The zero-order valence-electron chi connectivity index (χ0n) is 18.6. The molecule has 1 fully saturated rings. The van der Waals surface area contributed by atoms with Crippen LogP contribution < -0.4 is 10.6 Å². The highest BCUT2D eigenvalue weighted by Crippen LogP contribution is 2.36. The second-order valence-electron chi connectivity index (χ2n) is 8.40. The number of hydrogen-bond donors (Lipinski definition) is 2. The Morgan fingerprint density at radius 3 is 2.68 bits per heavy atom. The fourth-order valence-corrected chi connectivity index (χ4v) is 4.58. The van der Waals surface area contributed by atoms with Crippen LogP contribution in [-0.2, 0) is 16.1 Å². The van der Waals surface area contributed by atoms with Gasteiger partial charge in [0, 0.05) is 36.4 Å². The molecule has 1 saturated heterocycles. The summed E-state index contributed by atoms with van der Waals surface area (Å²) in [5, 5.41) is 10.6. The van der Waals surface area contributed by atoms with Crippen molar-refractivity contribution < 1.29 is 9.53 Å². The molecule has 2 aromatic heterocycles. The summed E-state index contributed by atoms with van der Waals surface area (Å²) >= 11 is 0. The molecule has 2 N–H and O–H groups in total. The topological polar surface area (TPSA) is 93.4 Å². The lowest BCUT2D eigenvalue weighted by Gasteiger charge is -2.32. The smallest absolute Gasteiger partial charge is 0.247 e. The standard InChI is InChI=1S/C23H30N6O2/c1-14-9-19(10-15(2)31-14)23-16(3)28-29(17(23)4)13-22(30)27-21-6-5-18(11-26-21)20-12-24-7-8-25-20/h5-6,8,11-12,14-15,19,24H,7,9-10,13H2,1-4H3,(H,26,27,30). The normalized spacial score (nSPS) is 23.2. The lowest BCUT2D eigenvalue weighted by molar-refractivity contribution is -0.117. The van der Waals surface area contributed by atoms with Gasteiger partial charge in [0.25, 0.3) is 0 Å². The van der Waals surface area contributed by atoms with E-state index in [0.717, 1.165) is 42.0 Å². The van der Waals surface area contributed by atoms with Crippen molar-refractivity contribution >= 4 is 23.6 Å². The van der Waals surface area contributed by atoms with Crippen molar-refractivity contribution in [1.29, 1.82) is 0 Å². The molecule has 2 aliphatic heterocycles. The number of nitrogens with one attached hydrogen (secondary N) is 2. The largest absolute Gasteiger partial charge is 0.384 e. The van der Waals surface area contributed by atoms with Crippen molar-refractivity contribution in [2.45, 2.75) is 65.2 Å². The van der Waals surface area contributed by atoms with Gasteiger partial charge in [-0.25, -0.2) is 4.98 Å². The van der Waals surface area contributed by atoms with Crippen molar-refractivity contribution in [3.8, 4) is 0 Å². The number of carbonyl (C=O) groups excluding carboxylic acids is 1. The molecule has 8 heteroatoms. The van der Waals surface area contributed by atoms with E-state index < -0.39 is 0 Å². The number of amides is 1. The van der Waals surface area contributed by atoms with E-state index in [1.165, 1.54) is 5.56 Å². The Morgan fingerprint density at radius 2 is 2.03 bits per heavy atom. The molecule has 0 spiro atoms. The molecule has 2 atom stereocenters. The zero-order valence-corrected chi connectivity index (χ0v) is 18.6. The lowest BCUT2D eigenvalue weighted by atomic mass is 9.85. The molecular formula is C23H30N6O2. The minimum absolute atomic E-state index is 0.150. The van der Waals surface area contributed by atoms with E-state index in [0.29, 0.717) is 11.7 Å². The van der Waals surface area contributed by atoms with Crippen LogP contribution in [0.4, 0.5) is 5.82 Å². The fraction of sp³-hybridized carbons (Fsp3) is 0.478. The van der Waals surface area contributed by atoms with Crippen molar-refractivity contribution in [2.75, 3.05) is 11.9 Å². The molecule has 0 aliphatic carbocycles. The van der Waals surface area contributed by atoms with E-state index in [2.05, 4.69) is 39.6 Å². The Kier molecular flexibility index (Phi) is 6.18. The summed E-state index contributed by atoms with van der Waals surface area (Å²) in [4.78, 5) is 21.3. The summed E-state index contributed by atoms with van der Waals surface area (Å²) < 4.78 is 7.69. The Morgan fingerprint density at radius 1 is 1.26 bits per heavy atom. The number of anilines is 1. The Hall–Kier alpha value is -3.00. The lowest BCUT2D eigenvalue weighted by Crippen LogP contribution is -2.28. The van der Waals surface area contributed by atoms with Gasteiger partial charge >= 0.3 is 0 Å². The maximum absolute atomic E-state index is 12.6. The molecule has 8 nitrogen and oxygen atoms in total. The second kappa shape index (κ2) is 9.01. The summed E-state index contributed by atoms with van der Waals surface area (Å²) in [6, 6.07) is 3.68. The predicted octanol–water partition coefficient (Wildman–Crippen LogP) is 3.18. The summed E-state index contributed by atoms with van der Waals surface area (Å²) in [7, 11) is 0. The Labute approximate surface area is 182 Å². The first kappa shape index (κ1) is 21.2. The predicted molar refractivity (Wildman–Crippen MR) is 121 cm³/mol. The Balaban J connectivity index is 1.42. The van der Waals surface area contributed by atoms with Gasteiger partial charge in [0.1, 0.15) is 12.4 Å². The van der Waals surface area contributed by atoms with E-state index in [1.54, 1.807) is 16.9 Å². The second-order valence-corrected chi connectivity index (χ2v) is 8.40. The van der Waals surface area contributed by atoms with Crippen molar-refractivity contribution in [1.82, 2.24) is 20.1 Å². The maximum Gasteiger partial charge on any atom is 0.247 e. The molecule has 4 heterocycles. The first-order valence-electron chi connectivity index (χ1n) is 10.8. The van der Waals surface area contributed by atoms with Crippen molar-refractivity contribution in [3.05, 3.63) is 47.0 Å². The molecule has 0 aromatic carbocycles. The van der Waals surface area contributed by atoms with E-state index in [4.69, 9.17) is 4.74 Å². The minimum atomic E-state index is -0.150. The number of ether oxygens (including phenoxy) is 1. The number of hydrogen-bond acceptors (Lipinski definition) is 6. The average molecular weight is 423 g/mol. The molecule has 1 amide bonds. The highest BCUT2D eigenvalue weighted by molar-refractivity contribution is 5.89. The molecule has 31 heavy (non-hydrogen) atoms. The summed E-state index contributed by atoms with van der Waals surface area (Å²) in [5.41, 5.74) is 5.02. The highest BCUT2D eigenvalue weighted by atomic mass is 16.5. The van der Waals surface area contributed by atoms with Crippen LogP contribution in [0.25, 0.3) is 5.70 Å². The van der Waals surface area contributed by atoms with Gasteiger partial charge in [-0.1, -0.05) is 0 Å². The summed E-state index contributed by atoms with van der Waals surface area (Å²) in [6.07, 6.45) is 7.82. The van der Waals surface area contributed by atoms with E-state index >= 15 is 0 Å². The van der Waals surface area contributed by atoms with Gasteiger partial charge in [-0.2, -0.15) is 5.10 Å². The molecule has 0 radical (unpaired) electrons. The summed E-state index contributed by atoms with van der Waals surface area (Å²) in [5.74, 6) is 0.773.